The molecule has 5 nitrogen and oxygen atoms in total. The molecule has 18 heavy (non-hydrogen) atoms. The van der Waals surface area contributed by atoms with Crippen LogP contribution in [0.5, 0.6) is 0 Å². The molecule has 1 aliphatic heterocycles. The van der Waals surface area contributed by atoms with E-state index in [1.807, 2.05) is 51.2 Å². The highest BCUT2D eigenvalue weighted by Gasteiger charge is 2.17. The molecule has 1 aromatic rings. The monoisotopic (exact) mass is 247 g/mol. The Morgan fingerprint density at radius 1 is 1.39 bits per heavy atom. The van der Waals surface area contributed by atoms with E-state index >= 15 is 0 Å². The molecule has 0 aromatic heterocycles. The van der Waals surface area contributed by atoms with E-state index in [4.69, 9.17) is 4.74 Å². The largest absolute Gasteiger partial charge is 0.443 e. The van der Waals surface area contributed by atoms with E-state index in [0.29, 0.717) is 6.67 Å². The second-order valence-corrected chi connectivity index (χ2v) is 5.07. The van der Waals surface area contributed by atoms with Gasteiger partial charge in [0.15, 0.2) is 0 Å². The minimum absolute atomic E-state index is 0.385. The first-order valence-corrected chi connectivity index (χ1v) is 5.82. The number of carbonyl (C=O) groups is 1. The van der Waals surface area contributed by atoms with Gasteiger partial charge in [-0.05, 0) is 26.8 Å². The molecule has 5 heteroatoms. The molecule has 0 radical (unpaired) electrons. The van der Waals surface area contributed by atoms with Crippen molar-refractivity contribution in [3.63, 3.8) is 0 Å². The topological polar surface area (TPSA) is 53.9 Å². The van der Waals surface area contributed by atoms with Crippen LogP contribution in [0.4, 0.5) is 4.79 Å². The van der Waals surface area contributed by atoms with Gasteiger partial charge in [-0.2, -0.15) is 0 Å². The Bertz CT molecular complexity index is 560. The lowest BCUT2D eigenvalue weighted by molar-refractivity contribution is 0.0412. The number of hydrogen-bond acceptors (Lipinski definition) is 4. The predicted molar refractivity (Wildman–Crippen MR) is 67.8 cm³/mol. The van der Waals surface area contributed by atoms with Gasteiger partial charge in [-0.3, -0.25) is 10.0 Å². The number of fused-ring (bicyclic) bond motifs is 1. The molecule has 1 amide bonds. The summed E-state index contributed by atoms with van der Waals surface area (Å²) < 4.78 is 5.18. The zero-order chi connectivity index (χ0) is 13.2. The Kier molecular flexibility index (Phi) is 3.23. The lowest BCUT2D eigenvalue weighted by atomic mass is 10.2. The molecule has 2 rings (SSSR count). The van der Waals surface area contributed by atoms with Crippen molar-refractivity contribution in [2.75, 3.05) is 6.67 Å². The van der Waals surface area contributed by atoms with Gasteiger partial charge in [0.2, 0.25) is 0 Å². The zero-order valence-corrected chi connectivity index (χ0v) is 10.8. The number of para-hydroxylation sites is 1. The van der Waals surface area contributed by atoms with Crippen molar-refractivity contribution in [2.45, 2.75) is 26.4 Å². The van der Waals surface area contributed by atoms with Crippen molar-refractivity contribution < 1.29 is 9.53 Å². The average molecular weight is 247 g/mol. The van der Waals surface area contributed by atoms with Crippen LogP contribution in [0.15, 0.2) is 29.3 Å². The van der Waals surface area contributed by atoms with Gasteiger partial charge in [-0.25, -0.2) is 10.2 Å². The Balaban J connectivity index is 2.06. The van der Waals surface area contributed by atoms with E-state index in [1.54, 1.807) is 5.01 Å². The second-order valence-electron chi connectivity index (χ2n) is 5.07. The van der Waals surface area contributed by atoms with Crippen LogP contribution in [0.25, 0.3) is 6.20 Å². The van der Waals surface area contributed by atoms with Gasteiger partial charge in [0, 0.05) is 11.4 Å². The molecule has 1 heterocycles. The maximum Gasteiger partial charge on any atom is 0.426 e. The molecular formula is C13H17N3O2. The van der Waals surface area contributed by atoms with Gasteiger partial charge < -0.3 is 4.74 Å². The lowest BCUT2D eigenvalue weighted by Gasteiger charge is -2.25. The molecule has 0 saturated heterocycles. The maximum atomic E-state index is 11.6. The Hall–Kier alpha value is -2.04. The molecule has 0 unspecified atom stereocenters. The SMILES string of the molecule is CC(C)(C)OC(=O)NN1C=c2ccccc2=NC1. The summed E-state index contributed by atoms with van der Waals surface area (Å²) in [6.45, 7) is 5.86. The van der Waals surface area contributed by atoms with Crippen LogP contribution < -0.4 is 16.0 Å². The summed E-state index contributed by atoms with van der Waals surface area (Å²) in [6.07, 6.45) is 1.36. The van der Waals surface area contributed by atoms with Crippen molar-refractivity contribution in [3.05, 3.63) is 34.8 Å². The first kappa shape index (κ1) is 12.4. The van der Waals surface area contributed by atoms with Gasteiger partial charge in [-0.15, -0.1) is 0 Å². The van der Waals surface area contributed by atoms with Gasteiger partial charge in [0.1, 0.15) is 12.3 Å². The third kappa shape index (κ3) is 3.23. The van der Waals surface area contributed by atoms with E-state index in [2.05, 4.69) is 10.4 Å². The highest BCUT2D eigenvalue weighted by molar-refractivity contribution is 5.67. The molecule has 0 atom stereocenters. The van der Waals surface area contributed by atoms with E-state index in [0.717, 1.165) is 10.6 Å². The number of ether oxygens (including phenoxy) is 1. The van der Waals surface area contributed by atoms with Crippen LogP contribution in [0.1, 0.15) is 20.8 Å². The van der Waals surface area contributed by atoms with Crippen molar-refractivity contribution in [2.24, 2.45) is 4.99 Å². The Morgan fingerprint density at radius 2 is 2.11 bits per heavy atom. The second kappa shape index (κ2) is 4.68. The van der Waals surface area contributed by atoms with E-state index in [1.165, 1.54) is 0 Å². The summed E-state index contributed by atoms with van der Waals surface area (Å²) >= 11 is 0. The molecule has 0 saturated carbocycles. The van der Waals surface area contributed by atoms with Crippen LogP contribution in [-0.2, 0) is 4.74 Å². The number of carbonyl (C=O) groups excluding carboxylic acids is 1. The standard InChI is InChI=1S/C13H17N3O2/c1-13(2,3)18-12(17)15-16-8-10-6-4-5-7-11(10)14-9-16/h4-8H,9H2,1-3H3,(H,15,17). The van der Waals surface area contributed by atoms with Gasteiger partial charge in [0.25, 0.3) is 0 Å². The summed E-state index contributed by atoms with van der Waals surface area (Å²) in [7, 11) is 0. The first-order chi connectivity index (χ1) is 8.44. The van der Waals surface area contributed by atoms with Crippen molar-refractivity contribution in [1.82, 2.24) is 10.4 Å². The molecule has 96 valence electrons. The third-order valence-electron chi connectivity index (χ3n) is 2.26. The molecule has 0 bridgehead atoms. The fraction of sp³-hybridized carbons (Fsp3) is 0.385. The summed E-state index contributed by atoms with van der Waals surface area (Å²) in [5, 5.41) is 3.51. The highest BCUT2D eigenvalue weighted by Crippen LogP contribution is 2.06. The van der Waals surface area contributed by atoms with Gasteiger partial charge >= 0.3 is 6.09 Å². The van der Waals surface area contributed by atoms with Crippen LogP contribution in [0, 0.1) is 0 Å². The number of benzene rings is 1. The average Bonchev–Trinajstić information content (AvgIpc) is 2.26. The molecular weight excluding hydrogens is 230 g/mol. The Labute approximate surface area is 106 Å². The predicted octanol–water partition coefficient (Wildman–Crippen LogP) is 0.757. The number of amides is 1. The van der Waals surface area contributed by atoms with Crippen LogP contribution in [0.3, 0.4) is 0 Å². The van der Waals surface area contributed by atoms with E-state index in [9.17, 15) is 4.79 Å². The molecule has 1 aromatic carbocycles. The Morgan fingerprint density at radius 3 is 2.83 bits per heavy atom. The molecule has 0 aliphatic carbocycles. The fourth-order valence-electron chi connectivity index (χ4n) is 1.59. The molecule has 0 fully saturated rings. The zero-order valence-electron chi connectivity index (χ0n) is 10.8. The van der Waals surface area contributed by atoms with Crippen LogP contribution in [0.2, 0.25) is 0 Å². The van der Waals surface area contributed by atoms with Crippen LogP contribution in [-0.4, -0.2) is 23.4 Å². The summed E-state index contributed by atoms with van der Waals surface area (Å²) in [6, 6.07) is 7.76. The number of nitrogens with zero attached hydrogens (tertiary/aromatic N) is 2. The van der Waals surface area contributed by atoms with Crippen molar-refractivity contribution in [1.29, 1.82) is 0 Å². The number of rotatable bonds is 1. The van der Waals surface area contributed by atoms with Crippen LogP contribution >= 0.6 is 0 Å². The minimum atomic E-state index is -0.505. The quantitative estimate of drug-likeness (QED) is 0.797. The van der Waals surface area contributed by atoms with E-state index < -0.39 is 11.7 Å². The first-order valence-electron chi connectivity index (χ1n) is 5.82. The summed E-state index contributed by atoms with van der Waals surface area (Å²) in [5.74, 6) is 0. The third-order valence-corrected chi connectivity index (χ3v) is 2.26. The van der Waals surface area contributed by atoms with Crippen molar-refractivity contribution >= 4 is 12.3 Å². The lowest BCUT2D eigenvalue weighted by Crippen LogP contribution is -2.46. The van der Waals surface area contributed by atoms with Crippen molar-refractivity contribution in [3.8, 4) is 0 Å². The molecule has 1 aliphatic rings. The molecule has 1 N–H and O–H groups in total. The maximum absolute atomic E-state index is 11.6. The minimum Gasteiger partial charge on any atom is -0.443 e. The van der Waals surface area contributed by atoms with E-state index in [-0.39, 0.29) is 0 Å². The highest BCUT2D eigenvalue weighted by atomic mass is 16.6. The summed E-state index contributed by atoms with van der Waals surface area (Å²) in [4.78, 5) is 16.0. The number of hydrogen-bond donors (Lipinski definition) is 1. The number of nitrogens with one attached hydrogen (secondary N) is 1. The molecule has 0 spiro atoms. The number of hydrazine groups is 1. The van der Waals surface area contributed by atoms with Gasteiger partial charge in [0.05, 0.1) is 5.36 Å². The smallest absolute Gasteiger partial charge is 0.426 e. The summed E-state index contributed by atoms with van der Waals surface area (Å²) in [5.41, 5.74) is 2.13. The fourth-order valence-corrected chi connectivity index (χ4v) is 1.59. The van der Waals surface area contributed by atoms with Gasteiger partial charge in [-0.1, -0.05) is 18.2 Å². The normalized spacial score (nSPS) is 14.1.